The molecule has 0 atom stereocenters. The molecular weight excluding hydrogens is 366 g/mol. The molecule has 1 aliphatic heterocycles. The number of hydrogen-bond acceptors (Lipinski definition) is 6. The number of nitrogens with two attached hydrogens (primary N) is 1. The number of carbonyl (C=O) groups excluding carboxylic acids is 1. The fraction of sp³-hybridized carbons (Fsp3) is 0.286. The molecule has 1 aromatic heterocycles. The summed E-state index contributed by atoms with van der Waals surface area (Å²) in [5, 5.41) is 11.6. The first kappa shape index (κ1) is 18.9. The SMILES string of the molecule is CN=Cc1c(N2CCNCC2)ccc(C(=O)Nc2ccc3nn(C)cc3c2)c1N. The lowest BCUT2D eigenvalue weighted by Gasteiger charge is -2.31. The summed E-state index contributed by atoms with van der Waals surface area (Å²) in [5.41, 5.74) is 10.7. The summed E-state index contributed by atoms with van der Waals surface area (Å²) >= 11 is 0. The van der Waals surface area contributed by atoms with Crippen molar-refractivity contribution in [1.29, 1.82) is 0 Å². The van der Waals surface area contributed by atoms with Crippen molar-refractivity contribution in [2.24, 2.45) is 12.0 Å². The molecule has 4 N–H and O–H groups in total. The Bertz CT molecular complexity index is 1080. The minimum absolute atomic E-state index is 0.247. The Labute approximate surface area is 169 Å². The molecule has 29 heavy (non-hydrogen) atoms. The number of nitrogen functional groups attached to an aromatic ring is 1. The molecule has 1 fully saturated rings. The molecule has 150 valence electrons. The third kappa shape index (κ3) is 3.79. The van der Waals surface area contributed by atoms with E-state index < -0.39 is 0 Å². The molecule has 2 aromatic carbocycles. The molecule has 4 rings (SSSR count). The van der Waals surface area contributed by atoms with Crippen molar-refractivity contribution < 1.29 is 4.79 Å². The van der Waals surface area contributed by atoms with Crippen LogP contribution in [0.25, 0.3) is 10.9 Å². The minimum atomic E-state index is -0.247. The average molecular weight is 391 g/mol. The molecule has 3 aromatic rings. The van der Waals surface area contributed by atoms with Crippen LogP contribution in [-0.2, 0) is 7.05 Å². The van der Waals surface area contributed by atoms with E-state index in [-0.39, 0.29) is 5.91 Å². The van der Waals surface area contributed by atoms with E-state index in [9.17, 15) is 4.79 Å². The highest BCUT2D eigenvalue weighted by Crippen LogP contribution is 2.29. The van der Waals surface area contributed by atoms with Gasteiger partial charge in [-0.3, -0.25) is 14.5 Å². The summed E-state index contributed by atoms with van der Waals surface area (Å²) in [6.45, 7) is 3.62. The average Bonchev–Trinajstić information content (AvgIpc) is 3.09. The zero-order chi connectivity index (χ0) is 20.4. The smallest absolute Gasteiger partial charge is 0.257 e. The highest BCUT2D eigenvalue weighted by atomic mass is 16.1. The van der Waals surface area contributed by atoms with Crippen molar-refractivity contribution in [3.8, 4) is 0 Å². The Morgan fingerprint density at radius 2 is 2.07 bits per heavy atom. The van der Waals surface area contributed by atoms with Crippen LogP contribution in [0.2, 0.25) is 0 Å². The van der Waals surface area contributed by atoms with Crippen LogP contribution in [0.1, 0.15) is 15.9 Å². The lowest BCUT2D eigenvalue weighted by molar-refractivity contribution is 0.102. The van der Waals surface area contributed by atoms with Gasteiger partial charge in [0, 0.05) is 75.0 Å². The van der Waals surface area contributed by atoms with Gasteiger partial charge in [-0.15, -0.1) is 0 Å². The summed E-state index contributed by atoms with van der Waals surface area (Å²) in [6.07, 6.45) is 3.64. The van der Waals surface area contributed by atoms with Gasteiger partial charge in [0.2, 0.25) is 0 Å². The fourth-order valence-electron chi connectivity index (χ4n) is 3.69. The predicted octanol–water partition coefficient (Wildman–Crippen LogP) is 1.87. The minimum Gasteiger partial charge on any atom is -0.397 e. The van der Waals surface area contributed by atoms with Crippen LogP contribution in [0.3, 0.4) is 0 Å². The Kier molecular flexibility index (Phi) is 5.18. The zero-order valence-corrected chi connectivity index (χ0v) is 16.6. The number of piperazine rings is 1. The number of amides is 1. The van der Waals surface area contributed by atoms with Crippen molar-refractivity contribution >= 4 is 40.1 Å². The van der Waals surface area contributed by atoms with Gasteiger partial charge in [0.05, 0.1) is 16.8 Å². The first-order chi connectivity index (χ1) is 14.1. The first-order valence-corrected chi connectivity index (χ1v) is 9.62. The summed E-state index contributed by atoms with van der Waals surface area (Å²) in [5.74, 6) is -0.247. The molecule has 1 saturated heterocycles. The maximum atomic E-state index is 12.9. The Morgan fingerprint density at radius 1 is 1.28 bits per heavy atom. The van der Waals surface area contributed by atoms with Gasteiger partial charge in [-0.1, -0.05) is 0 Å². The van der Waals surface area contributed by atoms with Gasteiger partial charge in [-0.2, -0.15) is 5.10 Å². The zero-order valence-electron chi connectivity index (χ0n) is 16.6. The van der Waals surface area contributed by atoms with Crippen molar-refractivity contribution in [2.75, 3.05) is 49.2 Å². The fourth-order valence-corrected chi connectivity index (χ4v) is 3.69. The van der Waals surface area contributed by atoms with Crippen molar-refractivity contribution in [2.45, 2.75) is 0 Å². The van der Waals surface area contributed by atoms with Gasteiger partial charge in [0.1, 0.15) is 0 Å². The molecule has 0 spiro atoms. The molecule has 1 amide bonds. The van der Waals surface area contributed by atoms with E-state index in [4.69, 9.17) is 5.73 Å². The first-order valence-electron chi connectivity index (χ1n) is 9.62. The van der Waals surface area contributed by atoms with Crippen LogP contribution < -0.4 is 21.3 Å². The molecule has 1 aliphatic rings. The highest BCUT2D eigenvalue weighted by molar-refractivity contribution is 6.12. The van der Waals surface area contributed by atoms with Gasteiger partial charge >= 0.3 is 0 Å². The van der Waals surface area contributed by atoms with Crippen molar-refractivity contribution in [3.05, 3.63) is 47.7 Å². The second kappa shape index (κ2) is 7.92. The third-order valence-corrected chi connectivity index (χ3v) is 5.10. The monoisotopic (exact) mass is 391 g/mol. The number of anilines is 3. The number of aryl methyl sites for hydroxylation is 1. The van der Waals surface area contributed by atoms with Crippen LogP contribution in [0.5, 0.6) is 0 Å². The summed E-state index contributed by atoms with van der Waals surface area (Å²) in [7, 11) is 3.58. The van der Waals surface area contributed by atoms with Crippen LogP contribution in [0.4, 0.5) is 17.1 Å². The number of carbonyl (C=O) groups is 1. The number of rotatable bonds is 4. The van der Waals surface area contributed by atoms with E-state index in [0.29, 0.717) is 16.9 Å². The maximum Gasteiger partial charge on any atom is 0.257 e. The Balaban J connectivity index is 1.64. The molecule has 0 aliphatic carbocycles. The summed E-state index contributed by atoms with van der Waals surface area (Å²) in [6, 6.07) is 9.37. The second-order valence-corrected chi connectivity index (χ2v) is 7.11. The summed E-state index contributed by atoms with van der Waals surface area (Å²) in [4.78, 5) is 19.4. The third-order valence-electron chi connectivity index (χ3n) is 5.10. The molecule has 2 heterocycles. The number of benzene rings is 2. The van der Waals surface area contributed by atoms with E-state index in [1.54, 1.807) is 24.0 Å². The molecular formula is C21H25N7O. The maximum absolute atomic E-state index is 12.9. The Hall–Kier alpha value is -3.39. The predicted molar refractivity (Wildman–Crippen MR) is 118 cm³/mol. The molecule has 8 nitrogen and oxygen atoms in total. The molecule has 0 bridgehead atoms. The normalized spacial score (nSPS) is 14.6. The lowest BCUT2D eigenvalue weighted by atomic mass is 10.0. The largest absolute Gasteiger partial charge is 0.397 e. The molecule has 8 heteroatoms. The second-order valence-electron chi connectivity index (χ2n) is 7.11. The lowest BCUT2D eigenvalue weighted by Crippen LogP contribution is -2.44. The van der Waals surface area contributed by atoms with Gasteiger partial charge in [-0.05, 0) is 30.3 Å². The quantitative estimate of drug-likeness (QED) is 0.466. The van der Waals surface area contributed by atoms with E-state index in [0.717, 1.165) is 48.3 Å². The van der Waals surface area contributed by atoms with Crippen LogP contribution in [0, 0.1) is 0 Å². The van der Waals surface area contributed by atoms with E-state index in [1.807, 2.05) is 37.5 Å². The number of fused-ring (bicyclic) bond motifs is 1. The van der Waals surface area contributed by atoms with Gasteiger partial charge < -0.3 is 21.3 Å². The van der Waals surface area contributed by atoms with Crippen molar-refractivity contribution in [1.82, 2.24) is 15.1 Å². The van der Waals surface area contributed by atoms with Crippen LogP contribution >= 0.6 is 0 Å². The number of aromatic nitrogens is 2. The van der Waals surface area contributed by atoms with Gasteiger partial charge in [-0.25, -0.2) is 0 Å². The van der Waals surface area contributed by atoms with Crippen LogP contribution in [0.15, 0.2) is 41.5 Å². The number of nitrogens with zero attached hydrogens (tertiary/aromatic N) is 4. The molecule has 0 saturated carbocycles. The van der Waals surface area contributed by atoms with Crippen molar-refractivity contribution in [3.63, 3.8) is 0 Å². The molecule has 0 radical (unpaired) electrons. The summed E-state index contributed by atoms with van der Waals surface area (Å²) < 4.78 is 1.75. The number of nitrogens with one attached hydrogen (secondary N) is 2. The topological polar surface area (TPSA) is 101 Å². The standard InChI is InChI=1S/C21H25N7O/c1-23-12-17-19(28-9-7-24-8-10-28)6-4-16(20(17)22)21(29)25-15-3-5-18-14(11-15)13-27(2)26-18/h3-6,11-13,24H,7-10,22H2,1-2H3,(H,25,29). The molecule has 0 unspecified atom stereocenters. The van der Waals surface area contributed by atoms with Gasteiger partial charge in [0.25, 0.3) is 5.91 Å². The number of hydrogen-bond donors (Lipinski definition) is 3. The highest BCUT2D eigenvalue weighted by Gasteiger charge is 2.20. The number of aliphatic imine (C=N–C) groups is 1. The Morgan fingerprint density at radius 3 is 2.83 bits per heavy atom. The van der Waals surface area contributed by atoms with E-state index >= 15 is 0 Å². The van der Waals surface area contributed by atoms with Gasteiger partial charge in [0.15, 0.2) is 0 Å². The van der Waals surface area contributed by atoms with E-state index in [1.165, 1.54) is 0 Å². The van der Waals surface area contributed by atoms with E-state index in [2.05, 4.69) is 25.6 Å². The van der Waals surface area contributed by atoms with Crippen LogP contribution in [-0.4, -0.2) is 55.1 Å².